The summed E-state index contributed by atoms with van der Waals surface area (Å²) in [6.07, 6.45) is 6.67. The van der Waals surface area contributed by atoms with Gasteiger partial charge in [0.1, 0.15) is 5.75 Å². The van der Waals surface area contributed by atoms with Crippen molar-refractivity contribution in [3.8, 4) is 5.75 Å². The lowest BCUT2D eigenvalue weighted by Crippen LogP contribution is -2.33. The molecule has 0 heterocycles. The van der Waals surface area contributed by atoms with E-state index < -0.39 is 0 Å². The van der Waals surface area contributed by atoms with Crippen LogP contribution in [0.5, 0.6) is 5.75 Å². The maximum absolute atomic E-state index is 6.46. The second kappa shape index (κ2) is 4.68. The quantitative estimate of drug-likeness (QED) is 0.820. The van der Waals surface area contributed by atoms with Crippen LogP contribution in [0, 0.1) is 0 Å². The molecule has 1 aliphatic carbocycles. The fraction of sp³-hybridized carbons (Fsp3) is 0.538. The lowest BCUT2D eigenvalue weighted by Gasteiger charge is -2.26. The summed E-state index contributed by atoms with van der Waals surface area (Å²) in [5, 5.41) is 0. The fourth-order valence-electron chi connectivity index (χ4n) is 2.49. The van der Waals surface area contributed by atoms with Crippen molar-refractivity contribution in [1.29, 1.82) is 0 Å². The standard InChI is InChI=1S/C13H19NOS/c1-15-12-9-10(16-2)5-6-11(12)13(14)7-3-4-8-13/h5-6,9H,3-4,7-8,14H2,1-2H3. The third-order valence-electron chi connectivity index (χ3n) is 3.44. The van der Waals surface area contributed by atoms with E-state index in [9.17, 15) is 0 Å². The molecule has 1 aliphatic rings. The third-order valence-corrected chi connectivity index (χ3v) is 4.17. The zero-order valence-electron chi connectivity index (χ0n) is 9.95. The zero-order valence-corrected chi connectivity index (χ0v) is 10.8. The van der Waals surface area contributed by atoms with Gasteiger partial charge in [-0.05, 0) is 31.2 Å². The summed E-state index contributed by atoms with van der Waals surface area (Å²) in [7, 11) is 1.72. The summed E-state index contributed by atoms with van der Waals surface area (Å²) in [5.74, 6) is 0.941. The first kappa shape index (κ1) is 11.8. The highest BCUT2D eigenvalue weighted by atomic mass is 32.2. The first-order valence-electron chi connectivity index (χ1n) is 5.71. The van der Waals surface area contributed by atoms with Crippen molar-refractivity contribution in [2.45, 2.75) is 36.1 Å². The van der Waals surface area contributed by atoms with Crippen LogP contribution in [0.4, 0.5) is 0 Å². The van der Waals surface area contributed by atoms with Crippen LogP contribution in [-0.4, -0.2) is 13.4 Å². The molecule has 0 spiro atoms. The van der Waals surface area contributed by atoms with Crippen molar-refractivity contribution in [1.82, 2.24) is 0 Å². The van der Waals surface area contributed by atoms with Crippen LogP contribution < -0.4 is 10.5 Å². The Balaban J connectivity index is 2.39. The molecule has 1 saturated carbocycles. The van der Waals surface area contributed by atoms with Crippen LogP contribution >= 0.6 is 11.8 Å². The van der Waals surface area contributed by atoms with Crippen molar-refractivity contribution in [3.05, 3.63) is 23.8 Å². The number of ether oxygens (including phenoxy) is 1. The average molecular weight is 237 g/mol. The van der Waals surface area contributed by atoms with Crippen LogP contribution in [0.25, 0.3) is 0 Å². The number of hydrogen-bond donors (Lipinski definition) is 1. The normalized spacial score (nSPS) is 18.7. The van der Waals surface area contributed by atoms with Gasteiger partial charge in [0.2, 0.25) is 0 Å². The van der Waals surface area contributed by atoms with E-state index in [1.807, 2.05) is 0 Å². The molecule has 1 fully saturated rings. The lowest BCUT2D eigenvalue weighted by molar-refractivity contribution is 0.378. The monoisotopic (exact) mass is 237 g/mol. The predicted octanol–water partition coefficient (Wildman–Crippen LogP) is 3.15. The molecule has 3 heteroatoms. The average Bonchev–Trinajstić information content (AvgIpc) is 2.76. The van der Waals surface area contributed by atoms with Crippen LogP contribution in [0.15, 0.2) is 23.1 Å². The minimum atomic E-state index is -0.164. The molecule has 0 radical (unpaired) electrons. The summed E-state index contributed by atoms with van der Waals surface area (Å²) >= 11 is 1.73. The third kappa shape index (κ3) is 2.06. The molecule has 2 rings (SSSR count). The van der Waals surface area contributed by atoms with Gasteiger partial charge in [-0.25, -0.2) is 0 Å². The fourth-order valence-corrected chi connectivity index (χ4v) is 2.91. The highest BCUT2D eigenvalue weighted by molar-refractivity contribution is 7.98. The Kier molecular flexibility index (Phi) is 3.45. The Morgan fingerprint density at radius 3 is 2.56 bits per heavy atom. The van der Waals surface area contributed by atoms with Gasteiger partial charge in [-0.2, -0.15) is 0 Å². The summed E-state index contributed by atoms with van der Waals surface area (Å²) in [6, 6.07) is 6.36. The minimum Gasteiger partial charge on any atom is -0.496 e. The molecule has 1 aromatic carbocycles. The second-order valence-electron chi connectivity index (χ2n) is 4.43. The molecular weight excluding hydrogens is 218 g/mol. The predicted molar refractivity (Wildman–Crippen MR) is 69.1 cm³/mol. The maximum atomic E-state index is 6.46. The number of thioether (sulfide) groups is 1. The van der Waals surface area contributed by atoms with Crippen LogP contribution in [0.1, 0.15) is 31.2 Å². The van der Waals surface area contributed by atoms with Crippen molar-refractivity contribution < 1.29 is 4.74 Å². The molecule has 0 amide bonds. The minimum absolute atomic E-state index is 0.164. The van der Waals surface area contributed by atoms with Gasteiger partial charge in [-0.15, -0.1) is 11.8 Å². The van der Waals surface area contributed by atoms with Gasteiger partial charge < -0.3 is 10.5 Å². The number of methoxy groups -OCH3 is 1. The highest BCUT2D eigenvalue weighted by Gasteiger charge is 2.33. The van der Waals surface area contributed by atoms with Crippen LogP contribution in [-0.2, 0) is 5.54 Å². The van der Waals surface area contributed by atoms with E-state index in [2.05, 4.69) is 24.5 Å². The van der Waals surface area contributed by atoms with E-state index in [0.29, 0.717) is 0 Å². The Morgan fingerprint density at radius 1 is 1.31 bits per heavy atom. The maximum Gasteiger partial charge on any atom is 0.125 e. The highest BCUT2D eigenvalue weighted by Crippen LogP contribution is 2.41. The Bertz CT molecular complexity index is 372. The Morgan fingerprint density at radius 2 is 2.00 bits per heavy atom. The molecule has 0 aromatic heterocycles. The van der Waals surface area contributed by atoms with Crippen molar-refractivity contribution >= 4 is 11.8 Å². The van der Waals surface area contributed by atoms with Gasteiger partial charge in [0, 0.05) is 16.0 Å². The molecule has 16 heavy (non-hydrogen) atoms. The number of hydrogen-bond acceptors (Lipinski definition) is 3. The van der Waals surface area contributed by atoms with Gasteiger partial charge >= 0.3 is 0 Å². The van der Waals surface area contributed by atoms with E-state index in [4.69, 9.17) is 10.5 Å². The number of rotatable bonds is 3. The Labute approximate surface area is 102 Å². The summed E-state index contributed by atoms with van der Waals surface area (Å²) in [5.41, 5.74) is 7.47. The largest absolute Gasteiger partial charge is 0.496 e. The first-order chi connectivity index (χ1) is 7.69. The van der Waals surface area contributed by atoms with E-state index in [1.165, 1.54) is 23.3 Å². The first-order valence-corrected chi connectivity index (χ1v) is 6.93. The van der Waals surface area contributed by atoms with Crippen molar-refractivity contribution in [2.24, 2.45) is 5.73 Å². The van der Waals surface area contributed by atoms with Gasteiger partial charge in [0.15, 0.2) is 0 Å². The Hall–Kier alpha value is -0.670. The zero-order chi connectivity index (χ0) is 11.6. The molecule has 0 unspecified atom stereocenters. The van der Waals surface area contributed by atoms with E-state index in [0.717, 1.165) is 18.6 Å². The SMILES string of the molecule is COc1cc(SC)ccc1C1(N)CCCC1. The topological polar surface area (TPSA) is 35.2 Å². The molecular formula is C13H19NOS. The second-order valence-corrected chi connectivity index (χ2v) is 5.31. The molecule has 0 saturated heterocycles. The summed E-state index contributed by atoms with van der Waals surface area (Å²) in [4.78, 5) is 1.22. The van der Waals surface area contributed by atoms with Crippen LogP contribution in [0.3, 0.4) is 0 Å². The van der Waals surface area contributed by atoms with E-state index in [-0.39, 0.29) is 5.54 Å². The van der Waals surface area contributed by atoms with E-state index in [1.54, 1.807) is 18.9 Å². The molecule has 1 aromatic rings. The molecule has 0 aliphatic heterocycles. The summed E-state index contributed by atoms with van der Waals surface area (Å²) < 4.78 is 5.47. The number of nitrogens with two attached hydrogens (primary N) is 1. The number of benzene rings is 1. The van der Waals surface area contributed by atoms with Gasteiger partial charge in [0.05, 0.1) is 7.11 Å². The summed E-state index contributed by atoms with van der Waals surface area (Å²) in [6.45, 7) is 0. The molecule has 0 atom stereocenters. The van der Waals surface area contributed by atoms with Gasteiger partial charge in [0.25, 0.3) is 0 Å². The smallest absolute Gasteiger partial charge is 0.125 e. The molecule has 0 bridgehead atoms. The van der Waals surface area contributed by atoms with Gasteiger partial charge in [-0.3, -0.25) is 0 Å². The lowest BCUT2D eigenvalue weighted by atomic mass is 9.89. The van der Waals surface area contributed by atoms with Gasteiger partial charge in [-0.1, -0.05) is 18.9 Å². The van der Waals surface area contributed by atoms with Crippen molar-refractivity contribution in [3.63, 3.8) is 0 Å². The molecule has 2 N–H and O–H groups in total. The van der Waals surface area contributed by atoms with Crippen molar-refractivity contribution in [2.75, 3.05) is 13.4 Å². The molecule has 2 nitrogen and oxygen atoms in total. The molecule has 88 valence electrons. The van der Waals surface area contributed by atoms with E-state index >= 15 is 0 Å². The van der Waals surface area contributed by atoms with Crippen LogP contribution in [0.2, 0.25) is 0 Å².